The molecule has 1 unspecified atom stereocenters. The van der Waals surface area contributed by atoms with Crippen LogP contribution < -0.4 is 0 Å². The second-order valence-corrected chi connectivity index (χ2v) is 8.32. The second kappa shape index (κ2) is 5.94. The topological polar surface area (TPSA) is 49.9 Å². The van der Waals surface area contributed by atoms with E-state index in [2.05, 4.69) is 6.08 Å². The summed E-state index contributed by atoms with van der Waals surface area (Å²) in [5.74, 6) is 0.400. The minimum Gasteiger partial charge on any atom is -0.443 e. The van der Waals surface area contributed by atoms with Crippen LogP contribution in [0, 0.1) is 11.8 Å². The van der Waals surface area contributed by atoms with Gasteiger partial charge in [-0.2, -0.15) is 0 Å². The van der Waals surface area contributed by atoms with Gasteiger partial charge in [-0.25, -0.2) is 9.69 Å². The van der Waals surface area contributed by atoms with Gasteiger partial charge in [-0.3, -0.25) is 4.79 Å². The molecule has 0 aromatic rings. The van der Waals surface area contributed by atoms with Crippen molar-refractivity contribution in [2.75, 3.05) is 14.1 Å². The standard InChI is InChI=1S/C19H28N2O3/c1-19(2,3)24-18(23)21-16-13-9-7-6-8-12(13)10-14(16)15(17(21)22)11-20(4)5/h9,11-12,14,16H,6-8,10H2,1-5H3/b15-11+/t12-,14?,16+/m0/s1. The van der Waals surface area contributed by atoms with Crippen LogP contribution in [0.15, 0.2) is 23.4 Å². The smallest absolute Gasteiger partial charge is 0.417 e. The van der Waals surface area contributed by atoms with Crippen molar-refractivity contribution >= 4 is 12.0 Å². The summed E-state index contributed by atoms with van der Waals surface area (Å²) >= 11 is 0. The fourth-order valence-electron chi connectivity index (χ4n) is 4.24. The Morgan fingerprint density at radius 2 is 2.08 bits per heavy atom. The van der Waals surface area contributed by atoms with Crippen LogP contribution in [0.4, 0.5) is 4.79 Å². The molecule has 132 valence electrons. The lowest BCUT2D eigenvalue weighted by atomic mass is 9.89. The maximum atomic E-state index is 13.0. The highest BCUT2D eigenvalue weighted by molar-refractivity contribution is 6.06. The van der Waals surface area contributed by atoms with E-state index in [-0.39, 0.29) is 17.9 Å². The zero-order chi connectivity index (χ0) is 17.6. The van der Waals surface area contributed by atoms with E-state index in [0.29, 0.717) is 5.92 Å². The molecule has 2 aliphatic carbocycles. The quantitative estimate of drug-likeness (QED) is 0.546. The molecule has 1 saturated heterocycles. The fraction of sp³-hybridized carbons (Fsp3) is 0.684. The van der Waals surface area contributed by atoms with E-state index in [0.717, 1.165) is 24.8 Å². The molecule has 0 aromatic heterocycles. The summed E-state index contributed by atoms with van der Waals surface area (Å²) in [7, 11) is 3.82. The maximum absolute atomic E-state index is 13.0. The third kappa shape index (κ3) is 2.96. The Labute approximate surface area is 144 Å². The predicted molar refractivity (Wildman–Crippen MR) is 92.2 cm³/mol. The van der Waals surface area contributed by atoms with Gasteiger partial charge in [0.05, 0.1) is 6.04 Å². The largest absolute Gasteiger partial charge is 0.443 e. The Balaban J connectivity index is 1.99. The Bertz CT molecular complexity index is 613. The molecule has 1 saturated carbocycles. The highest BCUT2D eigenvalue weighted by Crippen LogP contribution is 2.51. The van der Waals surface area contributed by atoms with E-state index in [4.69, 9.17) is 4.74 Å². The van der Waals surface area contributed by atoms with Crippen LogP contribution in [-0.4, -0.2) is 47.5 Å². The first-order valence-electron chi connectivity index (χ1n) is 8.83. The number of rotatable bonds is 1. The van der Waals surface area contributed by atoms with E-state index in [1.807, 2.05) is 46.0 Å². The first-order valence-corrected chi connectivity index (χ1v) is 8.83. The molecule has 5 nitrogen and oxygen atoms in total. The van der Waals surface area contributed by atoms with Crippen LogP contribution in [0.2, 0.25) is 0 Å². The summed E-state index contributed by atoms with van der Waals surface area (Å²) in [6.07, 6.45) is 7.96. The van der Waals surface area contributed by atoms with Crippen molar-refractivity contribution in [3.8, 4) is 0 Å². The van der Waals surface area contributed by atoms with Crippen LogP contribution in [0.25, 0.3) is 0 Å². The summed E-state index contributed by atoms with van der Waals surface area (Å²) in [5.41, 5.74) is 1.40. The molecule has 0 spiro atoms. The van der Waals surface area contributed by atoms with Gasteiger partial charge < -0.3 is 9.64 Å². The fourth-order valence-corrected chi connectivity index (χ4v) is 4.24. The van der Waals surface area contributed by atoms with Crippen LogP contribution in [0.3, 0.4) is 0 Å². The molecule has 0 aromatic carbocycles. The van der Waals surface area contributed by atoms with Crippen molar-refractivity contribution in [3.05, 3.63) is 23.4 Å². The number of carbonyl (C=O) groups is 2. The molecule has 0 N–H and O–H groups in total. The molecule has 0 radical (unpaired) electrons. The summed E-state index contributed by atoms with van der Waals surface area (Å²) < 4.78 is 5.53. The summed E-state index contributed by atoms with van der Waals surface area (Å²) in [6, 6.07) is -0.149. The highest BCUT2D eigenvalue weighted by atomic mass is 16.6. The number of imide groups is 1. The van der Waals surface area contributed by atoms with Crippen LogP contribution >= 0.6 is 0 Å². The molecular weight excluding hydrogens is 304 g/mol. The summed E-state index contributed by atoms with van der Waals surface area (Å²) in [5, 5.41) is 0. The van der Waals surface area contributed by atoms with Crippen molar-refractivity contribution in [2.45, 2.75) is 58.1 Å². The number of allylic oxidation sites excluding steroid dienone is 1. The van der Waals surface area contributed by atoms with Gasteiger partial charge >= 0.3 is 6.09 Å². The number of hydrogen-bond acceptors (Lipinski definition) is 4. The SMILES string of the molecule is CN(C)/C=C1/C(=O)N(C(=O)OC(C)(C)C)[C@@H]2C3=CCCC[C@H]3CC12. The minimum absolute atomic E-state index is 0.0989. The third-order valence-electron chi connectivity index (χ3n) is 5.00. The zero-order valence-electron chi connectivity index (χ0n) is 15.3. The van der Waals surface area contributed by atoms with Crippen molar-refractivity contribution in [1.82, 2.24) is 9.80 Å². The molecule has 3 rings (SSSR count). The summed E-state index contributed by atoms with van der Waals surface area (Å²) in [4.78, 5) is 29.0. The van der Waals surface area contributed by atoms with E-state index >= 15 is 0 Å². The molecule has 24 heavy (non-hydrogen) atoms. The van der Waals surface area contributed by atoms with Crippen molar-refractivity contribution in [3.63, 3.8) is 0 Å². The first-order chi connectivity index (χ1) is 11.2. The molecule has 2 fully saturated rings. The predicted octanol–water partition coefficient (Wildman–Crippen LogP) is 3.32. The Kier molecular flexibility index (Phi) is 4.22. The molecule has 1 heterocycles. The molecule has 5 heteroatoms. The average molecular weight is 332 g/mol. The van der Waals surface area contributed by atoms with Crippen molar-refractivity contribution in [2.24, 2.45) is 11.8 Å². The molecule has 0 bridgehead atoms. The number of carbonyl (C=O) groups excluding carboxylic acids is 2. The molecule has 3 atom stereocenters. The lowest BCUT2D eigenvalue weighted by Crippen LogP contribution is -2.43. The maximum Gasteiger partial charge on any atom is 0.417 e. The molecular formula is C19H28N2O3. The van der Waals surface area contributed by atoms with Gasteiger partial charge in [0.25, 0.3) is 5.91 Å². The van der Waals surface area contributed by atoms with Gasteiger partial charge in [0.15, 0.2) is 0 Å². The van der Waals surface area contributed by atoms with E-state index in [1.54, 1.807) is 0 Å². The first kappa shape index (κ1) is 17.1. The number of fused-ring (bicyclic) bond motifs is 3. The lowest BCUT2D eigenvalue weighted by Gasteiger charge is -2.29. The van der Waals surface area contributed by atoms with Gasteiger partial charge in [-0.1, -0.05) is 6.08 Å². The van der Waals surface area contributed by atoms with Gasteiger partial charge in [-0.05, 0) is 57.9 Å². The van der Waals surface area contributed by atoms with Gasteiger partial charge in [0.1, 0.15) is 5.60 Å². The number of ether oxygens (including phenoxy) is 1. The highest BCUT2D eigenvalue weighted by Gasteiger charge is 2.55. The lowest BCUT2D eigenvalue weighted by molar-refractivity contribution is -0.125. The number of likely N-dealkylation sites (tertiary alicyclic amines) is 1. The molecule has 2 amide bonds. The Hall–Kier alpha value is -1.78. The Morgan fingerprint density at radius 1 is 1.38 bits per heavy atom. The second-order valence-electron chi connectivity index (χ2n) is 8.32. The number of amides is 2. The molecule has 1 aliphatic heterocycles. The van der Waals surface area contributed by atoms with Gasteiger partial charge in [0.2, 0.25) is 0 Å². The number of nitrogens with zero attached hydrogens (tertiary/aromatic N) is 2. The molecule has 3 aliphatic rings. The third-order valence-corrected chi connectivity index (χ3v) is 5.00. The Morgan fingerprint density at radius 3 is 2.71 bits per heavy atom. The number of hydrogen-bond donors (Lipinski definition) is 0. The van der Waals surface area contributed by atoms with Crippen LogP contribution in [-0.2, 0) is 9.53 Å². The van der Waals surface area contributed by atoms with Crippen LogP contribution in [0.5, 0.6) is 0 Å². The van der Waals surface area contributed by atoms with Crippen LogP contribution in [0.1, 0.15) is 46.5 Å². The van der Waals surface area contributed by atoms with Crippen molar-refractivity contribution < 1.29 is 14.3 Å². The monoisotopic (exact) mass is 332 g/mol. The van der Waals surface area contributed by atoms with E-state index < -0.39 is 11.7 Å². The van der Waals surface area contributed by atoms with E-state index in [1.165, 1.54) is 16.9 Å². The van der Waals surface area contributed by atoms with Gasteiger partial charge in [-0.15, -0.1) is 0 Å². The van der Waals surface area contributed by atoms with Crippen molar-refractivity contribution in [1.29, 1.82) is 0 Å². The summed E-state index contributed by atoms with van der Waals surface area (Å²) in [6.45, 7) is 5.49. The average Bonchev–Trinajstić information content (AvgIpc) is 2.93. The zero-order valence-corrected chi connectivity index (χ0v) is 15.3. The van der Waals surface area contributed by atoms with E-state index in [9.17, 15) is 9.59 Å². The minimum atomic E-state index is -0.611. The normalized spacial score (nSPS) is 31.0. The van der Waals surface area contributed by atoms with Gasteiger partial charge in [0, 0.05) is 31.8 Å².